The molecular formula is C14H20N2O3. The van der Waals surface area contributed by atoms with E-state index < -0.39 is 0 Å². The number of esters is 1. The molecule has 19 heavy (non-hydrogen) atoms. The number of aromatic nitrogens is 1. The lowest BCUT2D eigenvalue weighted by molar-refractivity contribution is 0.0460. The molecule has 1 aromatic heterocycles. The first-order valence-corrected chi connectivity index (χ1v) is 6.67. The third kappa shape index (κ3) is 3.92. The topological polar surface area (TPSA) is 74.4 Å². The number of hydrogen-bond donors (Lipinski definition) is 1. The van der Waals surface area contributed by atoms with Gasteiger partial charge < -0.3 is 15.2 Å². The Bertz CT molecular complexity index is 442. The number of carbonyl (C=O) groups is 1. The highest BCUT2D eigenvalue weighted by Crippen LogP contribution is 2.17. The van der Waals surface area contributed by atoms with Gasteiger partial charge in [-0.3, -0.25) is 4.98 Å². The van der Waals surface area contributed by atoms with Gasteiger partial charge in [-0.2, -0.15) is 0 Å². The van der Waals surface area contributed by atoms with E-state index in [-0.39, 0.29) is 5.97 Å². The van der Waals surface area contributed by atoms with Crippen LogP contribution in [0.15, 0.2) is 12.3 Å². The van der Waals surface area contributed by atoms with Gasteiger partial charge in [0.2, 0.25) is 0 Å². The molecule has 2 heterocycles. The minimum atomic E-state index is -0.357. The van der Waals surface area contributed by atoms with E-state index in [0.717, 1.165) is 32.3 Å². The van der Waals surface area contributed by atoms with Gasteiger partial charge in [-0.15, -0.1) is 0 Å². The van der Waals surface area contributed by atoms with E-state index in [2.05, 4.69) is 4.98 Å². The fraction of sp³-hybridized carbons (Fsp3) is 0.571. The molecule has 1 atom stereocenters. The van der Waals surface area contributed by atoms with Crippen LogP contribution in [0, 0.1) is 6.92 Å². The molecule has 1 fully saturated rings. The van der Waals surface area contributed by atoms with Crippen LogP contribution in [-0.4, -0.2) is 30.3 Å². The molecule has 2 rings (SSSR count). The average Bonchev–Trinajstić information content (AvgIpc) is 2.90. The van der Waals surface area contributed by atoms with Crippen LogP contribution in [0.25, 0.3) is 0 Å². The van der Waals surface area contributed by atoms with Crippen molar-refractivity contribution in [2.75, 3.05) is 18.9 Å². The summed E-state index contributed by atoms with van der Waals surface area (Å²) in [7, 11) is 0. The van der Waals surface area contributed by atoms with Crippen LogP contribution < -0.4 is 5.73 Å². The Morgan fingerprint density at radius 1 is 1.63 bits per heavy atom. The maximum absolute atomic E-state index is 11.9. The Morgan fingerprint density at radius 2 is 2.47 bits per heavy atom. The summed E-state index contributed by atoms with van der Waals surface area (Å²) in [5.74, 6) is -0.357. The molecule has 1 aliphatic heterocycles. The molecule has 0 spiro atoms. The molecule has 1 unspecified atom stereocenters. The first-order chi connectivity index (χ1) is 9.16. The van der Waals surface area contributed by atoms with Crippen molar-refractivity contribution in [3.05, 3.63) is 23.5 Å². The summed E-state index contributed by atoms with van der Waals surface area (Å²) in [5.41, 5.74) is 7.16. The number of rotatable bonds is 5. The van der Waals surface area contributed by atoms with Gasteiger partial charge in [-0.1, -0.05) is 0 Å². The normalized spacial score (nSPS) is 18.5. The Labute approximate surface area is 113 Å². The van der Waals surface area contributed by atoms with E-state index in [1.165, 1.54) is 6.20 Å². The predicted molar refractivity (Wildman–Crippen MR) is 71.9 cm³/mol. The second-order valence-corrected chi connectivity index (χ2v) is 4.81. The molecule has 2 N–H and O–H groups in total. The quantitative estimate of drug-likeness (QED) is 0.651. The van der Waals surface area contributed by atoms with Crippen LogP contribution in [0.1, 0.15) is 41.7 Å². The highest BCUT2D eigenvalue weighted by Gasteiger charge is 2.16. The molecule has 1 aliphatic rings. The van der Waals surface area contributed by atoms with Gasteiger partial charge >= 0.3 is 5.97 Å². The maximum atomic E-state index is 11.9. The first kappa shape index (κ1) is 13.8. The van der Waals surface area contributed by atoms with Gasteiger partial charge in [0.15, 0.2) is 0 Å². The average molecular weight is 264 g/mol. The standard InChI is InChI=1S/C14H20N2O3/c1-10-13(8-11(15)9-16-10)14(17)19-7-3-5-12-4-2-6-18-12/h8-9,12H,2-7,15H2,1H3. The summed E-state index contributed by atoms with van der Waals surface area (Å²) in [4.78, 5) is 15.9. The Kier molecular flexibility index (Phi) is 4.74. The van der Waals surface area contributed by atoms with Gasteiger partial charge in [-0.05, 0) is 38.7 Å². The number of aryl methyl sites for hydroxylation is 1. The molecule has 0 saturated carbocycles. The second-order valence-electron chi connectivity index (χ2n) is 4.81. The summed E-state index contributed by atoms with van der Waals surface area (Å²) >= 11 is 0. The molecule has 0 aliphatic carbocycles. The molecule has 104 valence electrons. The van der Waals surface area contributed by atoms with Crippen molar-refractivity contribution >= 4 is 11.7 Å². The lowest BCUT2D eigenvalue weighted by atomic mass is 10.1. The van der Waals surface area contributed by atoms with E-state index in [1.807, 2.05) is 0 Å². The minimum Gasteiger partial charge on any atom is -0.462 e. The van der Waals surface area contributed by atoms with Crippen LogP contribution in [0.2, 0.25) is 0 Å². The first-order valence-electron chi connectivity index (χ1n) is 6.67. The van der Waals surface area contributed by atoms with Crippen molar-refractivity contribution in [3.8, 4) is 0 Å². The van der Waals surface area contributed by atoms with Gasteiger partial charge in [0, 0.05) is 6.61 Å². The van der Waals surface area contributed by atoms with Crippen LogP contribution in [0.4, 0.5) is 5.69 Å². The van der Waals surface area contributed by atoms with Gasteiger partial charge in [0.25, 0.3) is 0 Å². The maximum Gasteiger partial charge on any atom is 0.340 e. The van der Waals surface area contributed by atoms with E-state index in [0.29, 0.717) is 29.7 Å². The third-order valence-electron chi connectivity index (χ3n) is 3.26. The number of ether oxygens (including phenoxy) is 2. The number of nitrogen functional groups attached to an aromatic ring is 1. The zero-order chi connectivity index (χ0) is 13.7. The molecule has 0 bridgehead atoms. The van der Waals surface area contributed by atoms with Gasteiger partial charge in [-0.25, -0.2) is 4.79 Å². The van der Waals surface area contributed by atoms with Crippen LogP contribution in [0.3, 0.4) is 0 Å². The van der Waals surface area contributed by atoms with Gasteiger partial charge in [0.05, 0.1) is 35.9 Å². The number of nitrogens with zero attached hydrogens (tertiary/aromatic N) is 1. The highest BCUT2D eigenvalue weighted by atomic mass is 16.5. The fourth-order valence-electron chi connectivity index (χ4n) is 2.18. The monoisotopic (exact) mass is 264 g/mol. The smallest absolute Gasteiger partial charge is 0.340 e. The van der Waals surface area contributed by atoms with Crippen molar-refractivity contribution in [3.63, 3.8) is 0 Å². The molecule has 5 nitrogen and oxygen atoms in total. The summed E-state index contributed by atoms with van der Waals surface area (Å²) < 4.78 is 10.7. The van der Waals surface area contributed by atoms with E-state index >= 15 is 0 Å². The number of anilines is 1. The lowest BCUT2D eigenvalue weighted by Crippen LogP contribution is -2.12. The summed E-state index contributed by atoms with van der Waals surface area (Å²) in [5, 5.41) is 0. The lowest BCUT2D eigenvalue weighted by Gasteiger charge is -2.10. The third-order valence-corrected chi connectivity index (χ3v) is 3.26. The van der Waals surface area contributed by atoms with E-state index in [4.69, 9.17) is 15.2 Å². The fourth-order valence-corrected chi connectivity index (χ4v) is 2.18. The van der Waals surface area contributed by atoms with E-state index in [1.54, 1.807) is 13.0 Å². The summed E-state index contributed by atoms with van der Waals surface area (Å²) in [6.07, 6.45) is 5.90. The van der Waals surface area contributed by atoms with E-state index in [9.17, 15) is 4.79 Å². The molecule has 0 aromatic carbocycles. The SMILES string of the molecule is Cc1ncc(N)cc1C(=O)OCCCC1CCCO1. The zero-order valence-electron chi connectivity index (χ0n) is 11.2. The Hall–Kier alpha value is -1.62. The summed E-state index contributed by atoms with van der Waals surface area (Å²) in [6.45, 7) is 3.04. The second kappa shape index (κ2) is 6.52. The van der Waals surface area contributed by atoms with Gasteiger partial charge in [0.1, 0.15) is 0 Å². The largest absolute Gasteiger partial charge is 0.462 e. The van der Waals surface area contributed by atoms with Crippen molar-refractivity contribution < 1.29 is 14.3 Å². The van der Waals surface area contributed by atoms with Crippen LogP contribution in [0.5, 0.6) is 0 Å². The zero-order valence-corrected chi connectivity index (χ0v) is 11.2. The predicted octanol–water partition coefficient (Wildman–Crippen LogP) is 2.09. The molecule has 5 heteroatoms. The van der Waals surface area contributed by atoms with Crippen LogP contribution >= 0.6 is 0 Å². The number of hydrogen-bond acceptors (Lipinski definition) is 5. The van der Waals surface area contributed by atoms with Crippen molar-refractivity contribution in [2.24, 2.45) is 0 Å². The molecule has 1 saturated heterocycles. The molecule has 0 amide bonds. The number of pyridine rings is 1. The minimum absolute atomic E-state index is 0.342. The summed E-state index contributed by atoms with van der Waals surface area (Å²) in [6, 6.07) is 1.60. The van der Waals surface area contributed by atoms with Crippen molar-refractivity contribution in [1.29, 1.82) is 0 Å². The highest BCUT2D eigenvalue weighted by molar-refractivity contribution is 5.91. The van der Waals surface area contributed by atoms with Crippen molar-refractivity contribution in [1.82, 2.24) is 4.98 Å². The number of nitrogens with two attached hydrogens (primary N) is 1. The van der Waals surface area contributed by atoms with Crippen molar-refractivity contribution in [2.45, 2.75) is 38.7 Å². The number of carbonyl (C=O) groups excluding carboxylic acids is 1. The molecule has 1 aromatic rings. The Morgan fingerprint density at radius 3 is 3.21 bits per heavy atom. The Balaban J connectivity index is 1.75. The molecule has 0 radical (unpaired) electrons. The molecular weight excluding hydrogens is 244 g/mol. The van der Waals surface area contributed by atoms with Crippen LogP contribution in [-0.2, 0) is 9.47 Å².